The molecule has 1 saturated heterocycles. The summed E-state index contributed by atoms with van der Waals surface area (Å²) in [4.78, 5) is 13.5. The van der Waals surface area contributed by atoms with Crippen LogP contribution in [0.2, 0.25) is 0 Å². The molecule has 1 rings (SSSR count). The van der Waals surface area contributed by atoms with Crippen LogP contribution in [0.25, 0.3) is 0 Å². The van der Waals surface area contributed by atoms with Gasteiger partial charge in [0.1, 0.15) is 0 Å². The molecule has 0 spiro atoms. The van der Waals surface area contributed by atoms with Crippen molar-refractivity contribution in [2.75, 3.05) is 26.7 Å². The fourth-order valence-corrected chi connectivity index (χ4v) is 1.77. The molecule has 76 valence electrons. The molecule has 1 aliphatic heterocycles. The van der Waals surface area contributed by atoms with E-state index in [4.69, 9.17) is 0 Å². The first kappa shape index (κ1) is 10.5. The van der Waals surface area contributed by atoms with Crippen LogP contribution in [0.15, 0.2) is 0 Å². The Bertz CT molecular complexity index is 170. The lowest BCUT2D eigenvalue weighted by Crippen LogP contribution is -2.30. The van der Waals surface area contributed by atoms with E-state index in [0.717, 1.165) is 19.5 Å². The Morgan fingerprint density at radius 3 is 2.92 bits per heavy atom. The smallest absolute Gasteiger partial charge is 0.219 e. The number of carbonyl (C=O) groups is 1. The predicted molar refractivity (Wildman–Crippen MR) is 53.5 cm³/mol. The molecule has 0 aromatic heterocycles. The quantitative estimate of drug-likeness (QED) is 0.702. The van der Waals surface area contributed by atoms with E-state index in [1.807, 2.05) is 6.92 Å². The molecule has 1 N–H and O–H groups in total. The fourth-order valence-electron chi connectivity index (χ4n) is 1.77. The van der Waals surface area contributed by atoms with Crippen molar-refractivity contribution in [3.63, 3.8) is 0 Å². The number of rotatable bonds is 4. The van der Waals surface area contributed by atoms with E-state index in [1.54, 1.807) is 0 Å². The maximum absolute atomic E-state index is 11.2. The molecule has 1 atom stereocenters. The number of likely N-dealkylation sites (tertiary alicyclic amines) is 1. The molecule has 0 aromatic rings. The minimum Gasteiger partial charge on any atom is -0.356 e. The molecule has 3 heteroatoms. The minimum atomic E-state index is 0.206. The molecule has 0 saturated carbocycles. The van der Waals surface area contributed by atoms with Gasteiger partial charge in [-0.1, -0.05) is 6.92 Å². The summed E-state index contributed by atoms with van der Waals surface area (Å²) in [7, 11) is 2.13. The maximum atomic E-state index is 11.2. The molecule has 0 aliphatic carbocycles. The van der Waals surface area contributed by atoms with Gasteiger partial charge >= 0.3 is 0 Å². The number of hydrogen-bond donors (Lipinski definition) is 1. The van der Waals surface area contributed by atoms with E-state index >= 15 is 0 Å². The van der Waals surface area contributed by atoms with Gasteiger partial charge in [0, 0.05) is 19.5 Å². The summed E-state index contributed by atoms with van der Waals surface area (Å²) >= 11 is 0. The fraction of sp³-hybridized carbons (Fsp3) is 0.900. The summed E-state index contributed by atoms with van der Waals surface area (Å²) in [6.07, 6.45) is 2.84. The summed E-state index contributed by atoms with van der Waals surface area (Å²) in [5, 5.41) is 2.98. The lowest BCUT2D eigenvalue weighted by atomic mass is 10.1. The Morgan fingerprint density at radius 1 is 1.62 bits per heavy atom. The van der Waals surface area contributed by atoms with Gasteiger partial charge in [-0.15, -0.1) is 0 Å². The SMILES string of the molecule is CCCC(=O)NCC1CCN(C)C1. The van der Waals surface area contributed by atoms with Gasteiger partial charge in [0.2, 0.25) is 5.91 Å². The monoisotopic (exact) mass is 184 g/mol. The summed E-state index contributed by atoms with van der Waals surface area (Å²) < 4.78 is 0. The van der Waals surface area contributed by atoms with Crippen LogP contribution in [-0.4, -0.2) is 37.5 Å². The largest absolute Gasteiger partial charge is 0.356 e. The Kier molecular flexibility index (Phi) is 4.22. The van der Waals surface area contributed by atoms with Crippen LogP contribution < -0.4 is 5.32 Å². The van der Waals surface area contributed by atoms with Gasteiger partial charge in [-0.05, 0) is 32.4 Å². The third kappa shape index (κ3) is 3.77. The van der Waals surface area contributed by atoms with Gasteiger partial charge in [-0.2, -0.15) is 0 Å². The second kappa shape index (κ2) is 5.22. The Labute approximate surface area is 80.5 Å². The second-order valence-corrected chi connectivity index (χ2v) is 3.97. The highest BCUT2D eigenvalue weighted by Gasteiger charge is 2.19. The van der Waals surface area contributed by atoms with Crippen molar-refractivity contribution in [1.29, 1.82) is 0 Å². The molecule has 1 fully saturated rings. The van der Waals surface area contributed by atoms with Crippen molar-refractivity contribution in [2.24, 2.45) is 5.92 Å². The lowest BCUT2D eigenvalue weighted by molar-refractivity contribution is -0.121. The number of carbonyl (C=O) groups excluding carboxylic acids is 1. The Hall–Kier alpha value is -0.570. The zero-order chi connectivity index (χ0) is 9.68. The molecule has 13 heavy (non-hydrogen) atoms. The van der Waals surface area contributed by atoms with Crippen LogP contribution in [0, 0.1) is 5.92 Å². The number of nitrogens with zero attached hydrogens (tertiary/aromatic N) is 1. The number of hydrogen-bond acceptors (Lipinski definition) is 2. The van der Waals surface area contributed by atoms with Gasteiger partial charge in [-0.3, -0.25) is 4.79 Å². The maximum Gasteiger partial charge on any atom is 0.219 e. The molecule has 0 radical (unpaired) electrons. The van der Waals surface area contributed by atoms with Crippen molar-refractivity contribution in [3.8, 4) is 0 Å². The summed E-state index contributed by atoms with van der Waals surface area (Å²) in [5.74, 6) is 0.878. The van der Waals surface area contributed by atoms with E-state index in [2.05, 4.69) is 17.3 Å². The van der Waals surface area contributed by atoms with Crippen molar-refractivity contribution < 1.29 is 4.79 Å². The highest BCUT2D eigenvalue weighted by atomic mass is 16.1. The van der Waals surface area contributed by atoms with Crippen molar-refractivity contribution in [1.82, 2.24) is 10.2 Å². The van der Waals surface area contributed by atoms with Gasteiger partial charge < -0.3 is 10.2 Å². The van der Waals surface area contributed by atoms with Gasteiger partial charge in [-0.25, -0.2) is 0 Å². The van der Waals surface area contributed by atoms with Crippen LogP contribution in [0.1, 0.15) is 26.2 Å². The van der Waals surface area contributed by atoms with Gasteiger partial charge in [0.15, 0.2) is 0 Å². The summed E-state index contributed by atoms with van der Waals surface area (Å²) in [6, 6.07) is 0. The molecule has 0 bridgehead atoms. The van der Waals surface area contributed by atoms with E-state index in [9.17, 15) is 4.79 Å². The third-order valence-electron chi connectivity index (χ3n) is 2.55. The topological polar surface area (TPSA) is 32.3 Å². The average molecular weight is 184 g/mol. The van der Waals surface area contributed by atoms with Crippen LogP contribution >= 0.6 is 0 Å². The van der Waals surface area contributed by atoms with Crippen LogP contribution in [0.5, 0.6) is 0 Å². The van der Waals surface area contributed by atoms with Crippen LogP contribution in [0.3, 0.4) is 0 Å². The van der Waals surface area contributed by atoms with Crippen molar-refractivity contribution >= 4 is 5.91 Å². The van der Waals surface area contributed by atoms with Crippen LogP contribution in [-0.2, 0) is 4.79 Å². The molecule has 1 unspecified atom stereocenters. The van der Waals surface area contributed by atoms with Crippen molar-refractivity contribution in [2.45, 2.75) is 26.2 Å². The third-order valence-corrected chi connectivity index (χ3v) is 2.55. The standard InChI is InChI=1S/C10H20N2O/c1-3-4-10(13)11-7-9-5-6-12(2)8-9/h9H,3-8H2,1-2H3,(H,11,13). The molecular formula is C10H20N2O. The first-order valence-corrected chi connectivity index (χ1v) is 5.17. The highest BCUT2D eigenvalue weighted by molar-refractivity contribution is 5.75. The molecule has 1 amide bonds. The molecule has 0 aromatic carbocycles. The Morgan fingerprint density at radius 2 is 2.38 bits per heavy atom. The molecular weight excluding hydrogens is 164 g/mol. The van der Waals surface area contributed by atoms with Gasteiger partial charge in [0.05, 0.1) is 0 Å². The second-order valence-electron chi connectivity index (χ2n) is 3.97. The molecule has 3 nitrogen and oxygen atoms in total. The van der Waals surface area contributed by atoms with E-state index < -0.39 is 0 Å². The zero-order valence-corrected chi connectivity index (χ0v) is 8.68. The van der Waals surface area contributed by atoms with E-state index in [-0.39, 0.29) is 5.91 Å². The van der Waals surface area contributed by atoms with Crippen LogP contribution in [0.4, 0.5) is 0 Å². The zero-order valence-electron chi connectivity index (χ0n) is 8.68. The Balaban J connectivity index is 2.09. The first-order valence-electron chi connectivity index (χ1n) is 5.17. The normalized spacial score (nSPS) is 23.4. The number of nitrogens with one attached hydrogen (secondary N) is 1. The van der Waals surface area contributed by atoms with E-state index in [0.29, 0.717) is 12.3 Å². The van der Waals surface area contributed by atoms with Crippen molar-refractivity contribution in [3.05, 3.63) is 0 Å². The predicted octanol–water partition coefficient (Wildman–Crippen LogP) is 0.854. The lowest BCUT2D eigenvalue weighted by Gasteiger charge is -2.11. The van der Waals surface area contributed by atoms with E-state index in [1.165, 1.54) is 13.0 Å². The number of amides is 1. The highest BCUT2D eigenvalue weighted by Crippen LogP contribution is 2.12. The summed E-state index contributed by atoms with van der Waals surface area (Å²) in [6.45, 7) is 5.20. The molecule has 1 aliphatic rings. The summed E-state index contributed by atoms with van der Waals surface area (Å²) in [5.41, 5.74) is 0. The van der Waals surface area contributed by atoms with Gasteiger partial charge in [0.25, 0.3) is 0 Å². The first-order chi connectivity index (χ1) is 6.22. The minimum absolute atomic E-state index is 0.206. The average Bonchev–Trinajstić information content (AvgIpc) is 2.49. The molecule has 1 heterocycles.